The third kappa shape index (κ3) is 4.91. The zero-order valence-corrected chi connectivity index (χ0v) is 10.3. The van der Waals surface area contributed by atoms with Crippen molar-refractivity contribution in [3.05, 3.63) is 23.8 Å². The van der Waals surface area contributed by atoms with Crippen LogP contribution in [0, 0.1) is 6.92 Å². The fourth-order valence-electron chi connectivity index (χ4n) is 1.30. The predicted octanol–water partition coefficient (Wildman–Crippen LogP) is 1.21. The number of aryl methyl sites for hydroxylation is 1. The summed E-state index contributed by atoms with van der Waals surface area (Å²) in [7, 11) is 0. The van der Waals surface area contributed by atoms with Crippen LogP contribution >= 0.6 is 0 Å². The van der Waals surface area contributed by atoms with Crippen LogP contribution in [0.15, 0.2) is 18.2 Å². The number of epoxide rings is 2. The number of aromatic hydroxyl groups is 2. The Labute approximate surface area is 106 Å². The van der Waals surface area contributed by atoms with Gasteiger partial charge in [0, 0.05) is 0 Å². The first kappa shape index (κ1) is 13.1. The third-order valence-electron chi connectivity index (χ3n) is 2.59. The van der Waals surface area contributed by atoms with Gasteiger partial charge >= 0.3 is 0 Å². The standard InChI is InChI=1S/C7H8O2.C6H10O3/c1-5-4-6(8)2-3-7(5)9;1(5-3-8-5)7-2-6-4-9-6/h2-4,8-9H,1H3;5-6H,1-4H2. The van der Waals surface area contributed by atoms with Crippen LogP contribution in [0.1, 0.15) is 5.56 Å². The highest BCUT2D eigenvalue weighted by Gasteiger charge is 2.26. The van der Waals surface area contributed by atoms with E-state index in [0.717, 1.165) is 26.4 Å². The van der Waals surface area contributed by atoms with Crippen LogP contribution in [0.4, 0.5) is 0 Å². The summed E-state index contributed by atoms with van der Waals surface area (Å²) in [5.41, 5.74) is 0.690. The Kier molecular flexibility index (Phi) is 4.41. The van der Waals surface area contributed by atoms with Gasteiger partial charge in [-0.15, -0.1) is 0 Å². The molecule has 2 unspecified atom stereocenters. The van der Waals surface area contributed by atoms with E-state index in [9.17, 15) is 0 Å². The van der Waals surface area contributed by atoms with Crippen molar-refractivity contribution in [2.75, 3.05) is 26.4 Å². The number of hydrogen-bond donors (Lipinski definition) is 2. The van der Waals surface area contributed by atoms with Crippen LogP contribution in [0.2, 0.25) is 0 Å². The molecule has 18 heavy (non-hydrogen) atoms. The first-order chi connectivity index (χ1) is 8.65. The number of benzene rings is 1. The number of ether oxygens (including phenoxy) is 3. The van der Waals surface area contributed by atoms with Gasteiger partial charge in [-0.25, -0.2) is 0 Å². The van der Waals surface area contributed by atoms with E-state index < -0.39 is 0 Å². The van der Waals surface area contributed by atoms with Crippen LogP contribution in [0.3, 0.4) is 0 Å². The van der Waals surface area contributed by atoms with Crippen molar-refractivity contribution in [2.45, 2.75) is 19.1 Å². The fourth-order valence-corrected chi connectivity index (χ4v) is 1.30. The van der Waals surface area contributed by atoms with E-state index in [1.54, 1.807) is 6.92 Å². The normalized spacial score (nSPS) is 24.1. The molecule has 100 valence electrons. The minimum atomic E-state index is 0.185. The number of rotatable bonds is 4. The van der Waals surface area contributed by atoms with Crippen LogP contribution in [0.25, 0.3) is 0 Å². The maximum atomic E-state index is 8.93. The maximum absolute atomic E-state index is 8.93. The molecule has 5 heteroatoms. The lowest BCUT2D eigenvalue weighted by molar-refractivity contribution is 0.102. The lowest BCUT2D eigenvalue weighted by atomic mass is 10.2. The monoisotopic (exact) mass is 254 g/mol. The van der Waals surface area contributed by atoms with Crippen molar-refractivity contribution in [1.29, 1.82) is 0 Å². The largest absolute Gasteiger partial charge is 0.508 e. The highest BCUT2D eigenvalue weighted by Crippen LogP contribution is 2.19. The number of phenols is 2. The van der Waals surface area contributed by atoms with Crippen molar-refractivity contribution in [3.63, 3.8) is 0 Å². The molecule has 1 aromatic rings. The van der Waals surface area contributed by atoms with Crippen molar-refractivity contribution in [1.82, 2.24) is 0 Å². The minimum absolute atomic E-state index is 0.185. The van der Waals surface area contributed by atoms with Crippen LogP contribution in [-0.2, 0) is 14.2 Å². The van der Waals surface area contributed by atoms with E-state index in [1.807, 2.05) is 0 Å². The Morgan fingerprint density at radius 2 is 1.72 bits per heavy atom. The van der Waals surface area contributed by atoms with Gasteiger partial charge in [0.15, 0.2) is 0 Å². The molecule has 0 bridgehead atoms. The predicted molar refractivity (Wildman–Crippen MR) is 64.8 cm³/mol. The molecular weight excluding hydrogens is 236 g/mol. The topological polar surface area (TPSA) is 74.8 Å². The van der Waals surface area contributed by atoms with Gasteiger partial charge in [-0.3, -0.25) is 0 Å². The van der Waals surface area contributed by atoms with E-state index in [0.29, 0.717) is 17.8 Å². The molecule has 0 aliphatic carbocycles. The SMILES string of the molecule is C(OCC1CO1)C1CO1.Cc1cc(O)ccc1O. The summed E-state index contributed by atoms with van der Waals surface area (Å²) in [6.07, 6.45) is 0.785. The first-order valence-electron chi connectivity index (χ1n) is 5.94. The summed E-state index contributed by atoms with van der Waals surface area (Å²) in [4.78, 5) is 0. The van der Waals surface area contributed by atoms with Gasteiger partial charge in [0.2, 0.25) is 0 Å². The second-order valence-corrected chi connectivity index (χ2v) is 4.42. The quantitative estimate of drug-likeness (QED) is 0.624. The second kappa shape index (κ2) is 6.04. The molecule has 2 fully saturated rings. The lowest BCUT2D eigenvalue weighted by Crippen LogP contribution is -2.06. The van der Waals surface area contributed by atoms with Gasteiger partial charge in [0.25, 0.3) is 0 Å². The van der Waals surface area contributed by atoms with Gasteiger partial charge in [-0.1, -0.05) is 0 Å². The van der Waals surface area contributed by atoms with Gasteiger partial charge < -0.3 is 24.4 Å². The molecule has 2 heterocycles. The highest BCUT2D eigenvalue weighted by atomic mass is 16.6. The Morgan fingerprint density at radius 1 is 1.17 bits per heavy atom. The third-order valence-corrected chi connectivity index (χ3v) is 2.59. The molecule has 0 aromatic heterocycles. The summed E-state index contributed by atoms with van der Waals surface area (Å²) >= 11 is 0. The molecule has 2 atom stereocenters. The van der Waals surface area contributed by atoms with Gasteiger partial charge in [-0.05, 0) is 30.7 Å². The van der Waals surface area contributed by atoms with Crippen LogP contribution in [-0.4, -0.2) is 48.8 Å². The van der Waals surface area contributed by atoms with Crippen molar-refractivity contribution < 1.29 is 24.4 Å². The van der Waals surface area contributed by atoms with E-state index in [2.05, 4.69) is 0 Å². The van der Waals surface area contributed by atoms with Crippen LogP contribution in [0.5, 0.6) is 11.5 Å². The highest BCUT2D eigenvalue weighted by molar-refractivity contribution is 5.37. The molecule has 1 aromatic carbocycles. The Bertz CT molecular complexity index is 373. The minimum Gasteiger partial charge on any atom is -0.508 e. The fraction of sp³-hybridized carbons (Fsp3) is 0.538. The lowest BCUT2D eigenvalue weighted by Gasteiger charge is -1.96. The molecule has 0 spiro atoms. The molecule has 5 nitrogen and oxygen atoms in total. The molecule has 2 aliphatic heterocycles. The summed E-state index contributed by atoms with van der Waals surface area (Å²) in [5, 5.41) is 17.8. The van der Waals surface area contributed by atoms with E-state index in [1.165, 1.54) is 18.2 Å². The Balaban J connectivity index is 0.000000134. The van der Waals surface area contributed by atoms with Crippen molar-refractivity contribution in [2.24, 2.45) is 0 Å². The van der Waals surface area contributed by atoms with Gasteiger partial charge in [0.1, 0.15) is 23.7 Å². The molecule has 2 saturated heterocycles. The smallest absolute Gasteiger partial charge is 0.118 e. The second-order valence-electron chi connectivity index (χ2n) is 4.42. The average Bonchev–Trinajstić information content (AvgIpc) is 3.18. The number of hydrogen-bond acceptors (Lipinski definition) is 5. The first-order valence-corrected chi connectivity index (χ1v) is 5.94. The zero-order valence-electron chi connectivity index (χ0n) is 10.3. The molecule has 3 rings (SSSR count). The van der Waals surface area contributed by atoms with Gasteiger partial charge in [-0.2, -0.15) is 0 Å². The summed E-state index contributed by atoms with van der Waals surface area (Å²) in [6.45, 7) is 4.99. The van der Waals surface area contributed by atoms with Crippen LogP contribution < -0.4 is 0 Å². The Morgan fingerprint density at radius 3 is 2.11 bits per heavy atom. The molecule has 0 saturated carbocycles. The van der Waals surface area contributed by atoms with E-state index in [-0.39, 0.29) is 11.5 Å². The molecule has 2 N–H and O–H groups in total. The van der Waals surface area contributed by atoms with Crippen molar-refractivity contribution in [3.8, 4) is 11.5 Å². The molecule has 0 amide bonds. The van der Waals surface area contributed by atoms with Crippen molar-refractivity contribution >= 4 is 0 Å². The van der Waals surface area contributed by atoms with E-state index in [4.69, 9.17) is 24.4 Å². The molecule has 0 radical (unpaired) electrons. The zero-order chi connectivity index (χ0) is 13.0. The summed E-state index contributed by atoms with van der Waals surface area (Å²) in [5.74, 6) is 0.401. The number of phenolic OH excluding ortho intramolecular Hbond substituents is 2. The summed E-state index contributed by atoms with van der Waals surface area (Å²) in [6, 6.07) is 4.42. The average molecular weight is 254 g/mol. The molecule has 2 aliphatic rings. The molecular formula is C13H18O5. The summed E-state index contributed by atoms with van der Waals surface area (Å²) < 4.78 is 15.1. The van der Waals surface area contributed by atoms with E-state index >= 15 is 0 Å². The van der Waals surface area contributed by atoms with Gasteiger partial charge in [0.05, 0.1) is 26.4 Å². The Hall–Kier alpha value is -1.30. The maximum Gasteiger partial charge on any atom is 0.118 e.